The third kappa shape index (κ3) is 1.28. The van der Waals surface area contributed by atoms with Gasteiger partial charge in [0.25, 0.3) is 0 Å². The highest BCUT2D eigenvalue weighted by molar-refractivity contribution is 4.81. The second kappa shape index (κ2) is 2.81. The summed E-state index contributed by atoms with van der Waals surface area (Å²) in [6.07, 6.45) is -5.23. The first-order valence-corrected chi connectivity index (χ1v) is 2.97. The van der Waals surface area contributed by atoms with Crippen molar-refractivity contribution in [2.45, 2.75) is 24.6 Å². The number of hydrogen-bond acceptors (Lipinski definition) is 5. The number of aliphatic hydroxyl groups is 4. The van der Waals surface area contributed by atoms with Gasteiger partial charge in [-0.3, -0.25) is 0 Å². The molecule has 0 spiro atoms. The second-order valence-electron chi connectivity index (χ2n) is 2.27. The fourth-order valence-electron chi connectivity index (χ4n) is 0.791. The molecule has 0 bridgehead atoms. The SMILES string of the molecule is OC1OC[C@H](O)C(O)C1O. The Labute approximate surface area is 57.5 Å². The number of rotatable bonds is 0. The predicted octanol–water partition coefficient (Wildman–Crippen LogP) is -2.58. The minimum Gasteiger partial charge on any atom is -0.388 e. The van der Waals surface area contributed by atoms with Gasteiger partial charge in [-0.05, 0) is 0 Å². The molecule has 5 nitrogen and oxygen atoms in total. The molecule has 1 aliphatic heterocycles. The van der Waals surface area contributed by atoms with Crippen molar-refractivity contribution in [3.05, 3.63) is 0 Å². The van der Waals surface area contributed by atoms with Gasteiger partial charge in [0.2, 0.25) is 0 Å². The molecule has 0 radical (unpaired) electrons. The molecule has 1 aliphatic rings. The zero-order valence-electron chi connectivity index (χ0n) is 5.21. The van der Waals surface area contributed by atoms with Gasteiger partial charge in [0, 0.05) is 0 Å². The first-order valence-electron chi connectivity index (χ1n) is 2.97. The van der Waals surface area contributed by atoms with Crippen molar-refractivity contribution in [2.75, 3.05) is 6.61 Å². The summed E-state index contributed by atoms with van der Waals surface area (Å²) in [5, 5.41) is 35.3. The summed E-state index contributed by atoms with van der Waals surface area (Å²) in [7, 11) is 0. The van der Waals surface area contributed by atoms with Crippen LogP contribution in [0.2, 0.25) is 0 Å². The standard InChI is InChI=1S/C5H10O5/c6-2-1-10-5(9)4(8)3(2)7/h2-9H,1H2/t2-,3?,4?,5?/m0/s1. The van der Waals surface area contributed by atoms with Crippen molar-refractivity contribution in [1.29, 1.82) is 0 Å². The Morgan fingerprint density at radius 1 is 1.00 bits per heavy atom. The van der Waals surface area contributed by atoms with Gasteiger partial charge in [0.1, 0.15) is 18.3 Å². The number of hydrogen-bond donors (Lipinski definition) is 4. The third-order valence-electron chi connectivity index (χ3n) is 1.47. The lowest BCUT2D eigenvalue weighted by Gasteiger charge is -2.31. The molecule has 0 aromatic carbocycles. The van der Waals surface area contributed by atoms with E-state index in [0.717, 1.165) is 0 Å². The highest BCUT2D eigenvalue weighted by Gasteiger charge is 2.36. The highest BCUT2D eigenvalue weighted by Crippen LogP contribution is 2.12. The molecule has 1 heterocycles. The zero-order chi connectivity index (χ0) is 7.72. The molecule has 5 heteroatoms. The van der Waals surface area contributed by atoms with Crippen LogP contribution in [0.1, 0.15) is 0 Å². The van der Waals surface area contributed by atoms with Crippen LogP contribution in [0.5, 0.6) is 0 Å². The van der Waals surface area contributed by atoms with E-state index in [2.05, 4.69) is 4.74 Å². The first-order chi connectivity index (χ1) is 4.63. The molecule has 0 aromatic heterocycles. The molecule has 0 amide bonds. The van der Waals surface area contributed by atoms with Gasteiger partial charge >= 0.3 is 0 Å². The summed E-state index contributed by atoms with van der Waals surface area (Å²) in [6.45, 7) is -0.153. The molecular formula is C5H10O5. The van der Waals surface area contributed by atoms with Crippen LogP contribution in [0.3, 0.4) is 0 Å². The maximum Gasteiger partial charge on any atom is 0.183 e. The van der Waals surface area contributed by atoms with E-state index in [0.29, 0.717) is 0 Å². The van der Waals surface area contributed by atoms with E-state index in [1.54, 1.807) is 0 Å². The van der Waals surface area contributed by atoms with Gasteiger partial charge < -0.3 is 25.2 Å². The fraction of sp³-hybridized carbons (Fsp3) is 1.00. The Hall–Kier alpha value is -0.200. The Bertz CT molecular complexity index is 103. The zero-order valence-corrected chi connectivity index (χ0v) is 5.21. The van der Waals surface area contributed by atoms with Crippen molar-refractivity contribution < 1.29 is 25.2 Å². The first kappa shape index (κ1) is 7.90. The summed E-state index contributed by atoms with van der Waals surface area (Å²) in [5.41, 5.74) is 0. The van der Waals surface area contributed by atoms with Crippen molar-refractivity contribution in [3.8, 4) is 0 Å². The maximum atomic E-state index is 8.88. The summed E-state index contributed by atoms with van der Waals surface area (Å²) in [5.74, 6) is 0. The summed E-state index contributed by atoms with van der Waals surface area (Å²) >= 11 is 0. The normalized spacial score (nSPS) is 49.2. The topological polar surface area (TPSA) is 90.2 Å². The van der Waals surface area contributed by atoms with Gasteiger partial charge in [-0.2, -0.15) is 0 Å². The third-order valence-corrected chi connectivity index (χ3v) is 1.47. The largest absolute Gasteiger partial charge is 0.388 e. The lowest BCUT2D eigenvalue weighted by atomic mass is 10.1. The smallest absolute Gasteiger partial charge is 0.183 e. The summed E-state index contributed by atoms with van der Waals surface area (Å²) in [6, 6.07) is 0. The molecule has 1 fully saturated rings. The lowest BCUT2D eigenvalue weighted by molar-refractivity contribution is -0.252. The minimum absolute atomic E-state index is 0.153. The molecule has 4 N–H and O–H groups in total. The van der Waals surface area contributed by atoms with Crippen LogP contribution in [-0.2, 0) is 4.74 Å². The average Bonchev–Trinajstić information content (AvgIpc) is 1.93. The van der Waals surface area contributed by atoms with Crippen molar-refractivity contribution in [1.82, 2.24) is 0 Å². The second-order valence-corrected chi connectivity index (χ2v) is 2.27. The van der Waals surface area contributed by atoms with E-state index in [9.17, 15) is 0 Å². The van der Waals surface area contributed by atoms with Gasteiger partial charge in [0.15, 0.2) is 6.29 Å². The van der Waals surface area contributed by atoms with Crippen LogP contribution in [0.4, 0.5) is 0 Å². The van der Waals surface area contributed by atoms with Crippen molar-refractivity contribution in [3.63, 3.8) is 0 Å². The van der Waals surface area contributed by atoms with Crippen LogP contribution in [-0.4, -0.2) is 51.6 Å². The van der Waals surface area contributed by atoms with Crippen LogP contribution in [0.15, 0.2) is 0 Å². The summed E-state index contributed by atoms with van der Waals surface area (Å²) < 4.78 is 4.47. The van der Waals surface area contributed by atoms with Crippen molar-refractivity contribution in [2.24, 2.45) is 0 Å². The molecular weight excluding hydrogens is 140 g/mol. The van der Waals surface area contributed by atoms with Crippen molar-refractivity contribution >= 4 is 0 Å². The molecule has 1 saturated heterocycles. The van der Waals surface area contributed by atoms with Gasteiger partial charge in [0.05, 0.1) is 6.61 Å². The Morgan fingerprint density at radius 3 is 2.10 bits per heavy atom. The molecule has 4 atom stereocenters. The van der Waals surface area contributed by atoms with E-state index in [-0.39, 0.29) is 6.61 Å². The van der Waals surface area contributed by atoms with Gasteiger partial charge in [-0.1, -0.05) is 0 Å². The Balaban J connectivity index is 2.52. The molecule has 60 valence electrons. The molecule has 10 heavy (non-hydrogen) atoms. The number of aliphatic hydroxyl groups excluding tert-OH is 4. The van der Waals surface area contributed by atoms with Crippen LogP contribution in [0, 0.1) is 0 Å². The van der Waals surface area contributed by atoms with E-state index >= 15 is 0 Å². The molecule has 0 aromatic rings. The fourth-order valence-corrected chi connectivity index (χ4v) is 0.791. The molecule has 0 saturated carbocycles. The quantitative estimate of drug-likeness (QED) is 0.304. The predicted molar refractivity (Wildman–Crippen MR) is 30.0 cm³/mol. The van der Waals surface area contributed by atoms with Crippen LogP contribution in [0.25, 0.3) is 0 Å². The van der Waals surface area contributed by atoms with E-state index in [1.165, 1.54) is 0 Å². The summed E-state index contributed by atoms with van der Waals surface area (Å²) in [4.78, 5) is 0. The Kier molecular flexibility index (Phi) is 2.22. The minimum atomic E-state index is -1.41. The average molecular weight is 150 g/mol. The monoisotopic (exact) mass is 150 g/mol. The van der Waals surface area contributed by atoms with E-state index in [4.69, 9.17) is 20.4 Å². The number of ether oxygens (including phenoxy) is 1. The van der Waals surface area contributed by atoms with Crippen LogP contribution < -0.4 is 0 Å². The van der Waals surface area contributed by atoms with Crippen LogP contribution >= 0.6 is 0 Å². The van der Waals surface area contributed by atoms with E-state index < -0.39 is 24.6 Å². The molecule has 3 unspecified atom stereocenters. The molecule has 0 aliphatic carbocycles. The Morgan fingerprint density at radius 2 is 1.60 bits per heavy atom. The maximum absolute atomic E-state index is 8.88. The lowest BCUT2D eigenvalue weighted by Crippen LogP contribution is -2.52. The molecule has 1 rings (SSSR count). The van der Waals surface area contributed by atoms with Gasteiger partial charge in [-0.15, -0.1) is 0 Å². The highest BCUT2D eigenvalue weighted by atomic mass is 16.6. The van der Waals surface area contributed by atoms with E-state index in [1.807, 2.05) is 0 Å². The van der Waals surface area contributed by atoms with Gasteiger partial charge in [-0.25, -0.2) is 0 Å².